The summed E-state index contributed by atoms with van der Waals surface area (Å²) in [7, 11) is 1.68. The number of methoxy groups -OCH3 is 1. The Kier molecular flexibility index (Phi) is 7.39. The molecule has 2 aliphatic heterocycles. The largest absolute Gasteiger partial charge is 0.385 e. The molecule has 0 aliphatic carbocycles. The van der Waals surface area contributed by atoms with Gasteiger partial charge in [0.25, 0.3) is 0 Å². The molecular weight excluding hydrogens is 358 g/mol. The molecule has 7 heteroatoms. The molecule has 0 aromatic carbocycles. The summed E-state index contributed by atoms with van der Waals surface area (Å²) >= 11 is 0. The fourth-order valence-corrected chi connectivity index (χ4v) is 4.03. The normalized spacial score (nSPS) is 20.0. The Hall–Kier alpha value is -1.99. The van der Waals surface area contributed by atoms with Gasteiger partial charge in [-0.25, -0.2) is 0 Å². The summed E-state index contributed by atoms with van der Waals surface area (Å²) in [5, 5.41) is 3.33. The Morgan fingerprint density at radius 1 is 1.25 bits per heavy atom. The minimum atomic E-state index is -0.293. The van der Waals surface area contributed by atoms with Crippen molar-refractivity contribution in [1.29, 1.82) is 0 Å². The van der Waals surface area contributed by atoms with Gasteiger partial charge in [-0.3, -0.25) is 14.6 Å². The van der Waals surface area contributed by atoms with Crippen LogP contribution in [0.3, 0.4) is 0 Å². The van der Waals surface area contributed by atoms with Gasteiger partial charge in [-0.05, 0) is 49.8 Å². The maximum atomic E-state index is 12.8. The van der Waals surface area contributed by atoms with Gasteiger partial charge in [-0.15, -0.1) is 0 Å². The van der Waals surface area contributed by atoms with E-state index in [9.17, 15) is 9.59 Å². The third-order valence-electron chi connectivity index (χ3n) is 5.94. The molecule has 0 spiro atoms. The molecule has 0 atom stereocenters. The van der Waals surface area contributed by atoms with Crippen molar-refractivity contribution in [3.05, 3.63) is 30.1 Å². The minimum Gasteiger partial charge on any atom is -0.385 e. The van der Waals surface area contributed by atoms with E-state index in [4.69, 9.17) is 9.47 Å². The predicted molar refractivity (Wildman–Crippen MR) is 105 cm³/mol. The molecule has 0 saturated carbocycles. The van der Waals surface area contributed by atoms with Crippen LogP contribution >= 0.6 is 0 Å². The van der Waals surface area contributed by atoms with Gasteiger partial charge in [-0.2, -0.15) is 0 Å². The number of pyridine rings is 1. The maximum absolute atomic E-state index is 12.8. The molecule has 154 valence electrons. The van der Waals surface area contributed by atoms with Gasteiger partial charge in [-0.1, -0.05) is 0 Å². The van der Waals surface area contributed by atoms with E-state index in [0.717, 1.165) is 37.7 Å². The number of aromatic nitrogens is 1. The second-order valence-electron chi connectivity index (χ2n) is 7.81. The monoisotopic (exact) mass is 389 g/mol. The number of carbonyl (C=O) groups excluding carboxylic acids is 2. The smallest absolute Gasteiger partial charge is 0.226 e. The van der Waals surface area contributed by atoms with Crippen LogP contribution in [0.5, 0.6) is 0 Å². The first-order valence-electron chi connectivity index (χ1n) is 10.2. The number of amides is 2. The number of rotatable bonds is 7. The molecule has 1 N–H and O–H groups in total. The molecule has 3 heterocycles. The molecule has 0 unspecified atom stereocenters. The van der Waals surface area contributed by atoms with E-state index >= 15 is 0 Å². The summed E-state index contributed by atoms with van der Waals surface area (Å²) in [4.78, 5) is 31.3. The molecule has 2 aliphatic rings. The zero-order valence-corrected chi connectivity index (χ0v) is 16.7. The highest BCUT2D eigenvalue weighted by Gasteiger charge is 2.38. The maximum Gasteiger partial charge on any atom is 0.226 e. The first kappa shape index (κ1) is 20.7. The quantitative estimate of drug-likeness (QED) is 0.766. The zero-order valence-electron chi connectivity index (χ0n) is 16.7. The lowest BCUT2D eigenvalue weighted by Crippen LogP contribution is -2.58. The van der Waals surface area contributed by atoms with Crippen LogP contribution in [0.4, 0.5) is 0 Å². The van der Waals surface area contributed by atoms with Gasteiger partial charge < -0.3 is 19.7 Å². The van der Waals surface area contributed by atoms with Crippen LogP contribution in [0.15, 0.2) is 24.5 Å². The van der Waals surface area contributed by atoms with Crippen molar-refractivity contribution >= 4 is 11.8 Å². The lowest BCUT2D eigenvalue weighted by Gasteiger charge is -2.43. The number of hydrogen-bond donors (Lipinski definition) is 1. The lowest BCUT2D eigenvalue weighted by molar-refractivity contribution is -0.134. The molecule has 3 rings (SSSR count). The van der Waals surface area contributed by atoms with E-state index in [1.807, 2.05) is 17.0 Å². The Morgan fingerprint density at radius 3 is 2.57 bits per heavy atom. The standard InChI is InChI=1S/C21H31N3O4/c1-27-15-8-21(23-20(26)18-4-13-28-14-5-18)6-11-24(12-7-21)19(25)16-17-2-9-22-10-3-17/h2-3,9-10,18H,4-8,11-16H2,1H3,(H,23,26). The molecule has 7 nitrogen and oxygen atoms in total. The summed E-state index contributed by atoms with van der Waals surface area (Å²) in [6.45, 7) is 3.21. The van der Waals surface area contributed by atoms with Gasteiger partial charge in [0.2, 0.25) is 11.8 Å². The second kappa shape index (κ2) is 9.98. The van der Waals surface area contributed by atoms with Crippen LogP contribution in [-0.2, 0) is 25.5 Å². The number of likely N-dealkylation sites (tertiary alicyclic amines) is 1. The first-order chi connectivity index (χ1) is 13.6. The molecule has 2 fully saturated rings. The van der Waals surface area contributed by atoms with E-state index < -0.39 is 0 Å². The Morgan fingerprint density at radius 2 is 1.93 bits per heavy atom. The SMILES string of the molecule is COCCC1(NC(=O)C2CCOCC2)CCN(C(=O)Cc2ccncc2)CC1. The summed E-state index contributed by atoms with van der Waals surface area (Å²) in [6, 6.07) is 3.75. The summed E-state index contributed by atoms with van der Waals surface area (Å²) < 4.78 is 10.7. The van der Waals surface area contributed by atoms with E-state index in [1.165, 1.54) is 0 Å². The molecule has 1 aromatic heterocycles. The van der Waals surface area contributed by atoms with Gasteiger partial charge in [0, 0.05) is 63.9 Å². The van der Waals surface area contributed by atoms with Gasteiger partial charge in [0.1, 0.15) is 0 Å². The molecule has 2 saturated heterocycles. The lowest BCUT2D eigenvalue weighted by atomic mass is 9.83. The summed E-state index contributed by atoms with van der Waals surface area (Å²) in [5.41, 5.74) is 0.683. The molecule has 0 bridgehead atoms. The predicted octanol–water partition coefficient (Wildman–Crippen LogP) is 1.56. The van der Waals surface area contributed by atoms with Crippen LogP contribution < -0.4 is 5.32 Å². The Balaban J connectivity index is 1.57. The van der Waals surface area contributed by atoms with Crippen LogP contribution in [0.1, 0.15) is 37.7 Å². The highest BCUT2D eigenvalue weighted by molar-refractivity contribution is 5.80. The van der Waals surface area contributed by atoms with Crippen molar-refractivity contribution < 1.29 is 19.1 Å². The Labute approximate surface area is 166 Å². The summed E-state index contributed by atoms with van der Waals surface area (Å²) in [5.74, 6) is 0.276. The van der Waals surface area contributed by atoms with Gasteiger partial charge in [0.15, 0.2) is 0 Å². The van der Waals surface area contributed by atoms with Gasteiger partial charge in [0.05, 0.1) is 6.42 Å². The average molecular weight is 389 g/mol. The highest BCUT2D eigenvalue weighted by Crippen LogP contribution is 2.28. The van der Waals surface area contributed by atoms with Crippen LogP contribution in [-0.4, -0.2) is 67.3 Å². The average Bonchev–Trinajstić information content (AvgIpc) is 2.74. The number of piperidine rings is 1. The molecule has 0 radical (unpaired) electrons. The number of nitrogens with one attached hydrogen (secondary N) is 1. The highest BCUT2D eigenvalue weighted by atomic mass is 16.5. The van der Waals surface area contributed by atoms with Crippen LogP contribution in [0, 0.1) is 5.92 Å². The van der Waals surface area contributed by atoms with Crippen molar-refractivity contribution in [2.24, 2.45) is 5.92 Å². The van der Waals surface area contributed by atoms with Crippen molar-refractivity contribution in [3.8, 4) is 0 Å². The number of hydrogen-bond acceptors (Lipinski definition) is 5. The molecule has 28 heavy (non-hydrogen) atoms. The number of ether oxygens (including phenoxy) is 2. The molecular formula is C21H31N3O4. The molecule has 2 amide bonds. The van der Waals surface area contributed by atoms with Gasteiger partial charge >= 0.3 is 0 Å². The van der Waals surface area contributed by atoms with E-state index in [-0.39, 0.29) is 23.3 Å². The topological polar surface area (TPSA) is 80.8 Å². The minimum absolute atomic E-state index is 0.0273. The van der Waals surface area contributed by atoms with E-state index in [1.54, 1.807) is 19.5 Å². The summed E-state index contributed by atoms with van der Waals surface area (Å²) in [6.07, 6.45) is 7.65. The number of carbonyl (C=O) groups is 2. The van der Waals surface area contributed by atoms with Crippen molar-refractivity contribution in [1.82, 2.24) is 15.2 Å². The Bertz CT molecular complexity index is 638. The van der Waals surface area contributed by atoms with Crippen molar-refractivity contribution in [3.63, 3.8) is 0 Å². The van der Waals surface area contributed by atoms with Crippen LogP contribution in [0.2, 0.25) is 0 Å². The third kappa shape index (κ3) is 5.52. The third-order valence-corrected chi connectivity index (χ3v) is 5.94. The fourth-order valence-electron chi connectivity index (χ4n) is 4.03. The van der Waals surface area contributed by atoms with E-state index in [2.05, 4.69) is 10.3 Å². The fraction of sp³-hybridized carbons (Fsp3) is 0.667. The number of nitrogens with zero attached hydrogens (tertiary/aromatic N) is 2. The van der Waals surface area contributed by atoms with Crippen molar-refractivity contribution in [2.75, 3.05) is 40.0 Å². The second-order valence-corrected chi connectivity index (χ2v) is 7.81. The van der Waals surface area contributed by atoms with E-state index in [0.29, 0.717) is 39.3 Å². The van der Waals surface area contributed by atoms with Crippen molar-refractivity contribution in [2.45, 2.75) is 44.1 Å². The first-order valence-corrected chi connectivity index (χ1v) is 10.2. The van der Waals surface area contributed by atoms with Crippen LogP contribution in [0.25, 0.3) is 0 Å². The zero-order chi connectivity index (χ0) is 19.8. The molecule has 1 aromatic rings.